The lowest BCUT2D eigenvalue weighted by atomic mass is 10.3. The molecule has 0 spiro atoms. The Labute approximate surface area is 105 Å². The predicted molar refractivity (Wildman–Crippen MR) is 65.3 cm³/mol. The van der Waals surface area contributed by atoms with Crippen molar-refractivity contribution in [3.63, 3.8) is 0 Å². The van der Waals surface area contributed by atoms with Crippen LogP contribution >= 0.6 is 0 Å². The first-order chi connectivity index (χ1) is 8.68. The number of amides is 2. The second-order valence-electron chi connectivity index (χ2n) is 3.53. The first kappa shape index (κ1) is 13.8. The number of aliphatic carboxylic acids is 1. The van der Waals surface area contributed by atoms with Gasteiger partial charge in [-0.2, -0.15) is 0 Å². The van der Waals surface area contributed by atoms with Gasteiger partial charge < -0.3 is 20.5 Å². The van der Waals surface area contributed by atoms with Gasteiger partial charge in [0.25, 0.3) is 0 Å². The molecule has 0 saturated heterocycles. The van der Waals surface area contributed by atoms with Crippen LogP contribution in [0.25, 0.3) is 0 Å². The average Bonchev–Trinajstić information content (AvgIpc) is 2.36. The fraction of sp³-hybridized carbons (Fsp3) is 0.333. The van der Waals surface area contributed by atoms with Crippen LogP contribution in [0.4, 0.5) is 4.79 Å². The molecule has 6 heteroatoms. The minimum atomic E-state index is -0.871. The summed E-state index contributed by atoms with van der Waals surface area (Å²) in [5.74, 6) is -0.201. The first-order valence-electron chi connectivity index (χ1n) is 5.60. The quantitative estimate of drug-likeness (QED) is 0.502. The van der Waals surface area contributed by atoms with Crippen molar-refractivity contribution >= 4 is 12.0 Å². The first-order valence-corrected chi connectivity index (χ1v) is 5.60. The zero-order valence-corrected chi connectivity index (χ0v) is 9.89. The highest BCUT2D eigenvalue weighted by Crippen LogP contribution is 2.06. The number of rotatable bonds is 7. The van der Waals surface area contributed by atoms with Crippen molar-refractivity contribution in [1.29, 1.82) is 0 Å². The topological polar surface area (TPSA) is 87.7 Å². The van der Waals surface area contributed by atoms with Crippen LogP contribution < -0.4 is 15.4 Å². The highest BCUT2D eigenvalue weighted by molar-refractivity contribution is 5.73. The van der Waals surface area contributed by atoms with Crippen molar-refractivity contribution < 1.29 is 19.4 Å². The molecule has 1 aromatic rings. The number of hydrogen-bond acceptors (Lipinski definition) is 3. The number of carbonyl (C=O) groups is 2. The Hall–Kier alpha value is -2.24. The van der Waals surface area contributed by atoms with E-state index in [0.29, 0.717) is 18.7 Å². The van der Waals surface area contributed by atoms with Gasteiger partial charge in [0.15, 0.2) is 6.73 Å². The molecule has 0 aromatic heterocycles. The lowest BCUT2D eigenvalue weighted by molar-refractivity contribution is -0.137. The number of carboxylic acid groups (broad SMARTS) is 1. The molecule has 0 saturated carbocycles. The smallest absolute Gasteiger partial charge is 0.317 e. The summed E-state index contributed by atoms with van der Waals surface area (Å²) in [7, 11) is 0. The molecule has 18 heavy (non-hydrogen) atoms. The molecule has 0 aliphatic heterocycles. The van der Waals surface area contributed by atoms with Gasteiger partial charge in [-0.15, -0.1) is 0 Å². The van der Waals surface area contributed by atoms with Crippen molar-refractivity contribution in [3.05, 3.63) is 30.3 Å². The molecule has 0 aliphatic carbocycles. The maximum absolute atomic E-state index is 11.2. The average molecular weight is 252 g/mol. The minimum Gasteiger partial charge on any atom is -0.481 e. The number of hydrogen-bond donors (Lipinski definition) is 3. The third-order valence-electron chi connectivity index (χ3n) is 2.07. The Morgan fingerprint density at radius 1 is 1.17 bits per heavy atom. The molecule has 3 N–H and O–H groups in total. The van der Waals surface area contributed by atoms with E-state index >= 15 is 0 Å². The van der Waals surface area contributed by atoms with E-state index in [4.69, 9.17) is 9.84 Å². The second kappa shape index (κ2) is 7.94. The third-order valence-corrected chi connectivity index (χ3v) is 2.07. The van der Waals surface area contributed by atoms with Crippen molar-refractivity contribution in [3.8, 4) is 5.75 Å². The molecular weight excluding hydrogens is 236 g/mol. The summed E-state index contributed by atoms with van der Waals surface area (Å²) in [6.45, 7) is 0.387. The van der Waals surface area contributed by atoms with Crippen molar-refractivity contribution in [1.82, 2.24) is 10.6 Å². The van der Waals surface area contributed by atoms with Crippen LogP contribution in [0, 0.1) is 0 Å². The molecule has 0 radical (unpaired) electrons. The summed E-state index contributed by atoms with van der Waals surface area (Å²) < 4.78 is 5.26. The van der Waals surface area contributed by atoms with Gasteiger partial charge in [0.05, 0.1) is 0 Å². The molecule has 0 atom stereocenters. The number of carboxylic acids is 1. The summed E-state index contributed by atoms with van der Waals surface area (Å²) in [4.78, 5) is 21.5. The predicted octanol–water partition coefficient (Wildman–Crippen LogP) is 1.19. The molecular formula is C12H16N2O4. The van der Waals surface area contributed by atoms with Crippen LogP contribution in [0.15, 0.2) is 30.3 Å². The Balaban J connectivity index is 2.05. The maximum Gasteiger partial charge on any atom is 0.317 e. The molecule has 1 rings (SSSR count). The highest BCUT2D eigenvalue weighted by atomic mass is 16.5. The molecule has 0 fully saturated rings. The van der Waals surface area contributed by atoms with E-state index in [2.05, 4.69) is 10.6 Å². The van der Waals surface area contributed by atoms with Crippen LogP contribution in [-0.4, -0.2) is 30.4 Å². The van der Waals surface area contributed by atoms with E-state index < -0.39 is 5.97 Å². The summed E-state index contributed by atoms with van der Waals surface area (Å²) in [6, 6.07) is 8.73. The lowest BCUT2D eigenvalue weighted by Crippen LogP contribution is -2.38. The van der Waals surface area contributed by atoms with Crippen LogP contribution in [0.5, 0.6) is 5.75 Å². The second-order valence-corrected chi connectivity index (χ2v) is 3.53. The van der Waals surface area contributed by atoms with Gasteiger partial charge in [0.2, 0.25) is 0 Å². The minimum absolute atomic E-state index is 0.0425. The van der Waals surface area contributed by atoms with Crippen LogP contribution in [-0.2, 0) is 4.79 Å². The van der Waals surface area contributed by atoms with Gasteiger partial charge in [0, 0.05) is 13.0 Å². The van der Waals surface area contributed by atoms with Crippen molar-refractivity contribution in [2.45, 2.75) is 12.8 Å². The largest absolute Gasteiger partial charge is 0.481 e. The number of para-hydroxylation sites is 1. The molecule has 0 bridgehead atoms. The Morgan fingerprint density at radius 3 is 2.56 bits per heavy atom. The van der Waals surface area contributed by atoms with Gasteiger partial charge in [0.1, 0.15) is 5.75 Å². The van der Waals surface area contributed by atoms with E-state index in [-0.39, 0.29) is 19.2 Å². The zero-order chi connectivity index (χ0) is 13.2. The van der Waals surface area contributed by atoms with E-state index in [1.807, 2.05) is 18.2 Å². The van der Waals surface area contributed by atoms with Crippen molar-refractivity contribution in [2.75, 3.05) is 13.3 Å². The standard InChI is InChI=1S/C12H16N2O4/c15-11(16)7-4-8-13-12(17)14-9-18-10-5-2-1-3-6-10/h1-3,5-6H,4,7-9H2,(H,15,16)(H2,13,14,17). The van der Waals surface area contributed by atoms with E-state index in [9.17, 15) is 9.59 Å². The maximum atomic E-state index is 11.2. The van der Waals surface area contributed by atoms with Crippen molar-refractivity contribution in [2.24, 2.45) is 0 Å². The number of ether oxygens (including phenoxy) is 1. The third kappa shape index (κ3) is 6.37. The van der Waals surface area contributed by atoms with Crippen LogP contribution in [0.2, 0.25) is 0 Å². The SMILES string of the molecule is O=C(O)CCCNC(=O)NCOc1ccccc1. The van der Waals surface area contributed by atoms with E-state index in [1.165, 1.54) is 0 Å². The molecule has 0 heterocycles. The Morgan fingerprint density at radius 2 is 1.89 bits per heavy atom. The van der Waals surface area contributed by atoms with E-state index in [0.717, 1.165) is 0 Å². The summed E-state index contributed by atoms with van der Waals surface area (Å²) in [5.41, 5.74) is 0. The Kier molecular flexibility index (Phi) is 6.10. The van der Waals surface area contributed by atoms with Crippen LogP contribution in [0.3, 0.4) is 0 Å². The molecule has 2 amide bonds. The number of carbonyl (C=O) groups excluding carboxylic acids is 1. The molecule has 1 aromatic carbocycles. The van der Waals surface area contributed by atoms with E-state index in [1.54, 1.807) is 12.1 Å². The molecule has 98 valence electrons. The lowest BCUT2D eigenvalue weighted by Gasteiger charge is -2.08. The van der Waals surface area contributed by atoms with Crippen LogP contribution in [0.1, 0.15) is 12.8 Å². The van der Waals surface area contributed by atoms with Gasteiger partial charge >= 0.3 is 12.0 Å². The normalized spacial score (nSPS) is 9.56. The molecule has 6 nitrogen and oxygen atoms in total. The monoisotopic (exact) mass is 252 g/mol. The number of nitrogens with one attached hydrogen (secondary N) is 2. The Bertz CT molecular complexity index is 381. The molecule has 0 unspecified atom stereocenters. The summed E-state index contributed by atoms with van der Waals surface area (Å²) in [6.07, 6.45) is 0.448. The zero-order valence-electron chi connectivity index (χ0n) is 9.89. The van der Waals surface area contributed by atoms with Gasteiger partial charge in [-0.3, -0.25) is 4.79 Å². The number of urea groups is 1. The highest BCUT2D eigenvalue weighted by Gasteiger charge is 2.00. The number of benzene rings is 1. The van der Waals surface area contributed by atoms with Gasteiger partial charge in [-0.25, -0.2) is 4.79 Å². The van der Waals surface area contributed by atoms with Gasteiger partial charge in [-0.05, 0) is 18.6 Å². The molecule has 0 aliphatic rings. The summed E-state index contributed by atoms with van der Waals surface area (Å²) >= 11 is 0. The fourth-order valence-electron chi connectivity index (χ4n) is 1.21. The fourth-order valence-corrected chi connectivity index (χ4v) is 1.21. The summed E-state index contributed by atoms with van der Waals surface area (Å²) in [5, 5.41) is 13.4. The van der Waals surface area contributed by atoms with Gasteiger partial charge in [-0.1, -0.05) is 18.2 Å².